The van der Waals surface area contributed by atoms with Crippen LogP contribution in [0.25, 0.3) is 0 Å². The number of aryl methyl sites for hydroxylation is 1. The van der Waals surface area contributed by atoms with Crippen molar-refractivity contribution >= 4 is 17.5 Å². The number of halogens is 1. The molecule has 0 saturated heterocycles. The smallest absolute Gasteiger partial charge is 0.251 e. The van der Waals surface area contributed by atoms with Crippen LogP contribution in [0.3, 0.4) is 0 Å². The van der Waals surface area contributed by atoms with E-state index in [1.165, 1.54) is 12.8 Å². The number of nitrogens with zero attached hydrogens (tertiary/aromatic N) is 1. The summed E-state index contributed by atoms with van der Waals surface area (Å²) in [6.07, 6.45) is 5.32. The maximum atomic E-state index is 12.3. The fourth-order valence-corrected chi connectivity index (χ4v) is 2.90. The summed E-state index contributed by atoms with van der Waals surface area (Å²) in [5.74, 6) is 0.539. The molecule has 1 amide bonds. The average molecular weight is 281 g/mol. The summed E-state index contributed by atoms with van der Waals surface area (Å²) in [5, 5.41) is 3.51. The number of hydrogen-bond donors (Lipinski definition) is 1. The van der Waals surface area contributed by atoms with Gasteiger partial charge in [-0.3, -0.25) is 4.79 Å². The average Bonchev–Trinajstić information content (AvgIpc) is 2.75. The van der Waals surface area contributed by atoms with Gasteiger partial charge in [-0.2, -0.15) is 0 Å². The maximum absolute atomic E-state index is 12.3. The van der Waals surface area contributed by atoms with Gasteiger partial charge >= 0.3 is 0 Å². The lowest BCUT2D eigenvalue weighted by atomic mass is 10.1. The van der Waals surface area contributed by atoms with Crippen molar-refractivity contribution in [2.45, 2.75) is 52.0 Å². The molecule has 1 aliphatic rings. The van der Waals surface area contributed by atoms with Crippen LogP contribution in [-0.2, 0) is 6.42 Å². The SMILES string of the molecule is CCCc1cc(C(=O)NC2CCCC2C)cc(Cl)n1. The molecule has 0 aliphatic heterocycles. The molecule has 2 unspecified atom stereocenters. The van der Waals surface area contributed by atoms with E-state index in [2.05, 4.69) is 24.1 Å². The zero-order chi connectivity index (χ0) is 13.8. The van der Waals surface area contributed by atoms with Crippen LogP contribution in [0.4, 0.5) is 0 Å². The summed E-state index contributed by atoms with van der Waals surface area (Å²) in [7, 11) is 0. The number of hydrogen-bond acceptors (Lipinski definition) is 2. The van der Waals surface area contributed by atoms with Crippen molar-refractivity contribution in [3.05, 3.63) is 28.5 Å². The van der Waals surface area contributed by atoms with Gasteiger partial charge in [0.05, 0.1) is 0 Å². The summed E-state index contributed by atoms with van der Waals surface area (Å²) >= 11 is 5.98. The molecule has 1 fully saturated rings. The molecule has 0 spiro atoms. The van der Waals surface area contributed by atoms with E-state index in [-0.39, 0.29) is 5.91 Å². The van der Waals surface area contributed by atoms with Crippen molar-refractivity contribution in [2.24, 2.45) is 5.92 Å². The molecule has 1 aromatic rings. The summed E-state index contributed by atoms with van der Waals surface area (Å²) in [4.78, 5) is 16.5. The molecule has 1 aliphatic carbocycles. The van der Waals surface area contributed by atoms with E-state index in [1.807, 2.05) is 6.07 Å². The molecule has 0 radical (unpaired) electrons. The van der Waals surface area contributed by atoms with Crippen molar-refractivity contribution in [1.29, 1.82) is 0 Å². The zero-order valence-corrected chi connectivity index (χ0v) is 12.3. The lowest BCUT2D eigenvalue weighted by Gasteiger charge is -2.17. The van der Waals surface area contributed by atoms with Crippen LogP contribution in [0, 0.1) is 5.92 Å². The first-order valence-corrected chi connectivity index (χ1v) is 7.45. The zero-order valence-electron chi connectivity index (χ0n) is 11.6. The van der Waals surface area contributed by atoms with E-state index < -0.39 is 0 Å². The van der Waals surface area contributed by atoms with E-state index in [0.717, 1.165) is 25.0 Å². The van der Waals surface area contributed by atoms with Crippen molar-refractivity contribution in [2.75, 3.05) is 0 Å². The molecule has 2 rings (SSSR count). The molecule has 2 atom stereocenters. The monoisotopic (exact) mass is 280 g/mol. The quantitative estimate of drug-likeness (QED) is 0.856. The molecule has 1 aromatic heterocycles. The molecule has 1 heterocycles. The van der Waals surface area contributed by atoms with Gasteiger partial charge in [-0.1, -0.05) is 38.3 Å². The Kier molecular flexibility index (Phi) is 4.81. The number of nitrogens with one attached hydrogen (secondary N) is 1. The first kappa shape index (κ1) is 14.3. The van der Waals surface area contributed by atoms with Gasteiger partial charge in [0.15, 0.2) is 0 Å². The van der Waals surface area contributed by atoms with Crippen molar-refractivity contribution < 1.29 is 4.79 Å². The highest BCUT2D eigenvalue weighted by molar-refractivity contribution is 6.29. The fourth-order valence-electron chi connectivity index (χ4n) is 2.68. The summed E-state index contributed by atoms with van der Waals surface area (Å²) in [5.41, 5.74) is 1.52. The van der Waals surface area contributed by atoms with Gasteiger partial charge in [0.25, 0.3) is 5.91 Å². The molecule has 19 heavy (non-hydrogen) atoms. The lowest BCUT2D eigenvalue weighted by Crippen LogP contribution is -2.36. The second-order valence-electron chi connectivity index (χ2n) is 5.41. The van der Waals surface area contributed by atoms with Gasteiger partial charge in [0, 0.05) is 17.3 Å². The van der Waals surface area contributed by atoms with Crippen LogP contribution in [0.15, 0.2) is 12.1 Å². The highest BCUT2D eigenvalue weighted by Crippen LogP contribution is 2.25. The molecule has 0 bridgehead atoms. The van der Waals surface area contributed by atoms with Crippen molar-refractivity contribution in [1.82, 2.24) is 10.3 Å². The molecule has 0 aromatic carbocycles. The normalized spacial score (nSPS) is 22.5. The molecule has 3 nitrogen and oxygen atoms in total. The van der Waals surface area contributed by atoms with Crippen LogP contribution < -0.4 is 5.32 Å². The third-order valence-corrected chi connectivity index (χ3v) is 3.99. The topological polar surface area (TPSA) is 42.0 Å². The maximum Gasteiger partial charge on any atom is 0.251 e. The molecule has 1 saturated carbocycles. The Morgan fingerprint density at radius 3 is 2.89 bits per heavy atom. The summed E-state index contributed by atoms with van der Waals surface area (Å²) in [6.45, 7) is 4.28. The number of rotatable bonds is 4. The lowest BCUT2D eigenvalue weighted by molar-refractivity contribution is 0.0929. The third-order valence-electron chi connectivity index (χ3n) is 3.79. The van der Waals surface area contributed by atoms with E-state index in [4.69, 9.17) is 11.6 Å². The number of carbonyl (C=O) groups is 1. The molecule has 4 heteroatoms. The summed E-state index contributed by atoms with van der Waals surface area (Å²) in [6, 6.07) is 3.80. The second-order valence-corrected chi connectivity index (χ2v) is 5.80. The Morgan fingerprint density at radius 2 is 2.26 bits per heavy atom. The van der Waals surface area contributed by atoms with E-state index >= 15 is 0 Å². The number of carbonyl (C=O) groups excluding carboxylic acids is 1. The molecular formula is C15H21ClN2O. The number of aromatic nitrogens is 1. The number of pyridine rings is 1. The van der Waals surface area contributed by atoms with Crippen molar-refractivity contribution in [3.8, 4) is 0 Å². The fraction of sp³-hybridized carbons (Fsp3) is 0.600. The molecule has 104 valence electrons. The largest absolute Gasteiger partial charge is 0.349 e. The van der Waals surface area contributed by atoms with E-state index in [1.54, 1.807) is 6.07 Å². The van der Waals surface area contributed by atoms with Crippen LogP contribution in [0.5, 0.6) is 0 Å². The predicted octanol–water partition coefficient (Wildman–Crippen LogP) is 3.61. The minimum absolute atomic E-state index is 0.0274. The minimum atomic E-state index is -0.0274. The van der Waals surface area contributed by atoms with E-state index in [0.29, 0.717) is 22.7 Å². The van der Waals surface area contributed by atoms with Gasteiger partial charge in [-0.15, -0.1) is 0 Å². The van der Waals surface area contributed by atoms with Gasteiger partial charge < -0.3 is 5.32 Å². The van der Waals surface area contributed by atoms with Crippen molar-refractivity contribution in [3.63, 3.8) is 0 Å². The second kappa shape index (κ2) is 6.38. The van der Waals surface area contributed by atoms with Crippen LogP contribution in [-0.4, -0.2) is 16.9 Å². The molecule has 1 N–H and O–H groups in total. The van der Waals surface area contributed by atoms with Crippen LogP contribution in [0.1, 0.15) is 55.6 Å². The first-order valence-electron chi connectivity index (χ1n) is 7.07. The Labute approximate surface area is 119 Å². The Morgan fingerprint density at radius 1 is 1.47 bits per heavy atom. The van der Waals surface area contributed by atoms with Gasteiger partial charge in [-0.05, 0) is 37.3 Å². The van der Waals surface area contributed by atoms with Crippen LogP contribution >= 0.6 is 11.6 Å². The summed E-state index contributed by atoms with van der Waals surface area (Å²) < 4.78 is 0. The highest BCUT2D eigenvalue weighted by atomic mass is 35.5. The van der Waals surface area contributed by atoms with Gasteiger partial charge in [-0.25, -0.2) is 4.98 Å². The highest BCUT2D eigenvalue weighted by Gasteiger charge is 2.25. The standard InChI is InChI=1S/C15H21ClN2O/c1-3-5-12-8-11(9-14(16)17-12)15(19)18-13-7-4-6-10(13)2/h8-10,13H,3-7H2,1-2H3,(H,18,19). The third kappa shape index (κ3) is 3.69. The number of amides is 1. The van der Waals surface area contributed by atoms with Gasteiger partial charge in [0.2, 0.25) is 0 Å². The predicted molar refractivity (Wildman–Crippen MR) is 77.5 cm³/mol. The van der Waals surface area contributed by atoms with Gasteiger partial charge in [0.1, 0.15) is 5.15 Å². The van der Waals surface area contributed by atoms with Crippen LogP contribution in [0.2, 0.25) is 5.15 Å². The Bertz CT molecular complexity index is 461. The Balaban J connectivity index is 2.09. The first-order chi connectivity index (χ1) is 9.10. The Hall–Kier alpha value is -1.09. The van der Waals surface area contributed by atoms with E-state index in [9.17, 15) is 4.79 Å². The minimum Gasteiger partial charge on any atom is -0.349 e. The molecular weight excluding hydrogens is 260 g/mol.